The smallest absolute Gasteiger partial charge is 0.211 e. The number of methoxy groups -OCH3 is 1. The normalized spacial score (nSPS) is 27.0. The number of sulfonamides is 1. The fraction of sp³-hybridized carbons (Fsp3) is 0.650. The van der Waals surface area contributed by atoms with E-state index in [-0.39, 0.29) is 24.3 Å². The standard InChI is InChI=1S/C20H29NO5S/c1-14(22)20(2)13-21(27(4,23)24)12-17(20)15-9-10-18(25-3)19(11-15)26-16-7-5-6-8-16/h9-11,16-17H,5-8,12-13H2,1-4H3. The molecule has 1 aromatic rings. The van der Waals surface area contributed by atoms with Crippen molar-refractivity contribution >= 4 is 15.8 Å². The van der Waals surface area contributed by atoms with Gasteiger partial charge in [0.2, 0.25) is 10.0 Å². The molecule has 7 heteroatoms. The van der Waals surface area contributed by atoms with Crippen LogP contribution < -0.4 is 9.47 Å². The van der Waals surface area contributed by atoms with Crippen molar-refractivity contribution in [3.05, 3.63) is 23.8 Å². The van der Waals surface area contributed by atoms with E-state index in [0.29, 0.717) is 18.0 Å². The zero-order valence-electron chi connectivity index (χ0n) is 16.5. The predicted molar refractivity (Wildman–Crippen MR) is 104 cm³/mol. The molecular weight excluding hydrogens is 366 g/mol. The van der Waals surface area contributed by atoms with Gasteiger partial charge in [-0.2, -0.15) is 0 Å². The number of hydrogen-bond acceptors (Lipinski definition) is 5. The summed E-state index contributed by atoms with van der Waals surface area (Å²) in [5.74, 6) is 1.10. The van der Waals surface area contributed by atoms with E-state index in [0.717, 1.165) is 18.4 Å². The molecule has 0 amide bonds. The van der Waals surface area contributed by atoms with Gasteiger partial charge in [0.25, 0.3) is 0 Å². The van der Waals surface area contributed by atoms with E-state index in [1.54, 1.807) is 7.11 Å². The lowest BCUT2D eigenvalue weighted by Crippen LogP contribution is -2.35. The van der Waals surface area contributed by atoms with Gasteiger partial charge in [-0.25, -0.2) is 12.7 Å². The molecule has 2 fully saturated rings. The van der Waals surface area contributed by atoms with Crippen molar-refractivity contribution in [3.63, 3.8) is 0 Å². The molecule has 2 aliphatic rings. The molecule has 0 radical (unpaired) electrons. The summed E-state index contributed by atoms with van der Waals surface area (Å²) < 4.78 is 37.2. The van der Waals surface area contributed by atoms with Crippen molar-refractivity contribution in [2.24, 2.45) is 5.41 Å². The maximum Gasteiger partial charge on any atom is 0.211 e. The number of ether oxygens (including phenoxy) is 2. The van der Waals surface area contributed by atoms with Crippen LogP contribution in [0.15, 0.2) is 18.2 Å². The summed E-state index contributed by atoms with van der Waals surface area (Å²) in [7, 11) is -1.76. The maximum absolute atomic E-state index is 12.4. The number of nitrogens with zero attached hydrogens (tertiary/aromatic N) is 1. The van der Waals surface area contributed by atoms with Crippen molar-refractivity contribution < 1.29 is 22.7 Å². The van der Waals surface area contributed by atoms with E-state index in [4.69, 9.17) is 9.47 Å². The van der Waals surface area contributed by atoms with Gasteiger partial charge in [-0.1, -0.05) is 13.0 Å². The Morgan fingerprint density at radius 3 is 2.44 bits per heavy atom. The van der Waals surface area contributed by atoms with Crippen molar-refractivity contribution in [1.29, 1.82) is 0 Å². The molecule has 3 rings (SSSR count). The van der Waals surface area contributed by atoms with Crippen LogP contribution in [-0.2, 0) is 14.8 Å². The molecule has 6 nitrogen and oxygen atoms in total. The summed E-state index contributed by atoms with van der Waals surface area (Å²) in [5, 5.41) is 0. The number of ketones is 1. The first-order valence-electron chi connectivity index (χ1n) is 9.46. The number of carbonyl (C=O) groups is 1. The Morgan fingerprint density at radius 1 is 1.22 bits per heavy atom. The van der Waals surface area contributed by atoms with Crippen LogP contribution in [0.4, 0.5) is 0 Å². The van der Waals surface area contributed by atoms with E-state index in [9.17, 15) is 13.2 Å². The lowest BCUT2D eigenvalue weighted by atomic mass is 9.73. The summed E-state index contributed by atoms with van der Waals surface area (Å²) in [4.78, 5) is 12.4. The number of rotatable bonds is 6. The fourth-order valence-corrected chi connectivity index (χ4v) is 5.14. The van der Waals surface area contributed by atoms with Crippen LogP contribution in [0.3, 0.4) is 0 Å². The van der Waals surface area contributed by atoms with Crippen LogP contribution in [0.2, 0.25) is 0 Å². The van der Waals surface area contributed by atoms with E-state index < -0.39 is 15.4 Å². The Morgan fingerprint density at radius 2 is 1.89 bits per heavy atom. The number of benzene rings is 1. The second-order valence-corrected chi connectivity index (χ2v) is 10.00. The summed E-state index contributed by atoms with van der Waals surface area (Å²) in [5.41, 5.74) is 0.148. The SMILES string of the molecule is COc1ccc(C2CN(S(C)(=O)=O)CC2(C)C(C)=O)cc1OC1CCCC1. The van der Waals surface area contributed by atoms with Gasteiger partial charge in [-0.15, -0.1) is 0 Å². The van der Waals surface area contributed by atoms with Gasteiger partial charge in [0.15, 0.2) is 11.5 Å². The summed E-state index contributed by atoms with van der Waals surface area (Å²) in [6, 6.07) is 5.69. The first-order valence-corrected chi connectivity index (χ1v) is 11.3. The molecule has 0 spiro atoms. The highest BCUT2D eigenvalue weighted by Crippen LogP contribution is 2.46. The summed E-state index contributed by atoms with van der Waals surface area (Å²) in [6.07, 6.45) is 5.78. The third kappa shape index (κ3) is 3.99. The lowest BCUT2D eigenvalue weighted by molar-refractivity contribution is -0.125. The molecule has 0 aromatic heterocycles. The van der Waals surface area contributed by atoms with E-state index in [1.807, 2.05) is 25.1 Å². The number of carbonyl (C=O) groups excluding carboxylic acids is 1. The van der Waals surface area contributed by atoms with E-state index in [2.05, 4.69) is 0 Å². The van der Waals surface area contributed by atoms with Crippen molar-refractivity contribution in [3.8, 4) is 11.5 Å². The molecule has 1 saturated heterocycles. The summed E-state index contributed by atoms with van der Waals surface area (Å²) in [6.45, 7) is 3.89. The lowest BCUT2D eigenvalue weighted by Gasteiger charge is -2.28. The van der Waals surface area contributed by atoms with Crippen LogP contribution in [0, 0.1) is 5.41 Å². The molecule has 2 unspecified atom stereocenters. The quantitative estimate of drug-likeness (QED) is 0.740. The zero-order chi connectivity index (χ0) is 19.8. The molecule has 1 aliphatic carbocycles. The average Bonchev–Trinajstić information content (AvgIpc) is 3.22. The average molecular weight is 396 g/mol. The molecule has 1 heterocycles. The van der Waals surface area contributed by atoms with Crippen molar-refractivity contribution in [2.45, 2.75) is 51.6 Å². The second-order valence-electron chi connectivity index (χ2n) is 8.02. The van der Waals surface area contributed by atoms with Gasteiger partial charge in [0, 0.05) is 24.4 Å². The van der Waals surface area contributed by atoms with Gasteiger partial charge in [0.05, 0.1) is 19.5 Å². The highest BCUT2D eigenvalue weighted by Gasteiger charge is 2.49. The van der Waals surface area contributed by atoms with Gasteiger partial charge < -0.3 is 9.47 Å². The van der Waals surface area contributed by atoms with Crippen LogP contribution >= 0.6 is 0 Å². The minimum atomic E-state index is -3.36. The van der Waals surface area contributed by atoms with Crippen LogP contribution in [0.25, 0.3) is 0 Å². The minimum Gasteiger partial charge on any atom is -0.493 e. The van der Waals surface area contributed by atoms with Crippen molar-refractivity contribution in [2.75, 3.05) is 26.5 Å². The molecule has 0 bridgehead atoms. The Hall–Kier alpha value is -1.60. The molecule has 2 atom stereocenters. The Kier molecular flexibility index (Phi) is 5.54. The molecule has 1 aromatic carbocycles. The van der Waals surface area contributed by atoms with Gasteiger partial charge in [-0.05, 0) is 50.3 Å². The Balaban J connectivity index is 1.96. The van der Waals surface area contributed by atoms with Gasteiger partial charge in [-0.3, -0.25) is 4.79 Å². The first-order chi connectivity index (χ1) is 12.6. The van der Waals surface area contributed by atoms with Crippen molar-refractivity contribution in [1.82, 2.24) is 4.31 Å². The second kappa shape index (κ2) is 7.43. The maximum atomic E-state index is 12.4. The Bertz CT molecular complexity index is 816. The highest BCUT2D eigenvalue weighted by molar-refractivity contribution is 7.88. The largest absolute Gasteiger partial charge is 0.493 e. The topological polar surface area (TPSA) is 72.9 Å². The highest BCUT2D eigenvalue weighted by atomic mass is 32.2. The third-order valence-corrected chi connectivity index (χ3v) is 7.34. The molecule has 1 saturated carbocycles. The van der Waals surface area contributed by atoms with Crippen LogP contribution in [0.5, 0.6) is 11.5 Å². The zero-order valence-corrected chi connectivity index (χ0v) is 17.3. The monoisotopic (exact) mass is 395 g/mol. The number of hydrogen-bond donors (Lipinski definition) is 0. The Labute approximate surface area is 161 Å². The molecule has 1 aliphatic heterocycles. The summed E-state index contributed by atoms with van der Waals surface area (Å²) >= 11 is 0. The molecule has 150 valence electrons. The molecule has 27 heavy (non-hydrogen) atoms. The van der Waals surface area contributed by atoms with Gasteiger partial charge in [0.1, 0.15) is 5.78 Å². The van der Waals surface area contributed by atoms with Gasteiger partial charge >= 0.3 is 0 Å². The fourth-order valence-electron chi connectivity index (χ4n) is 4.22. The van der Waals surface area contributed by atoms with Crippen LogP contribution in [-0.4, -0.2) is 51.1 Å². The van der Waals surface area contributed by atoms with Crippen LogP contribution in [0.1, 0.15) is 51.0 Å². The minimum absolute atomic E-state index is 0.00673. The molecular formula is C20H29NO5S. The first kappa shape index (κ1) is 20.1. The van der Waals surface area contributed by atoms with E-state index in [1.165, 1.54) is 30.3 Å². The number of Topliss-reactive ketones (excluding diaryl/α,β-unsaturated/α-hetero) is 1. The predicted octanol–water partition coefficient (Wildman–Crippen LogP) is 2.97. The molecule has 0 N–H and O–H groups in total. The van der Waals surface area contributed by atoms with E-state index >= 15 is 0 Å². The third-order valence-electron chi connectivity index (χ3n) is 6.12.